The molecule has 0 radical (unpaired) electrons. The number of amides is 1. The van der Waals surface area contributed by atoms with Crippen LogP contribution < -0.4 is 5.32 Å². The molecule has 0 fully saturated rings. The van der Waals surface area contributed by atoms with Crippen molar-refractivity contribution < 1.29 is 14.3 Å². The number of aryl methyl sites for hydroxylation is 1. The van der Waals surface area contributed by atoms with Gasteiger partial charge in [0.15, 0.2) is 0 Å². The van der Waals surface area contributed by atoms with Gasteiger partial charge in [-0.1, -0.05) is 39.0 Å². The number of fused-ring (bicyclic) bond motifs is 1. The molecule has 1 heterocycles. The van der Waals surface area contributed by atoms with E-state index in [0.717, 1.165) is 22.9 Å². The number of rotatable bonds is 8. The van der Waals surface area contributed by atoms with Gasteiger partial charge in [0.25, 0.3) is 5.91 Å². The fourth-order valence-corrected chi connectivity index (χ4v) is 3.70. The molecule has 0 atom stereocenters. The summed E-state index contributed by atoms with van der Waals surface area (Å²) >= 11 is 0. The predicted octanol–water partition coefficient (Wildman–Crippen LogP) is 6.08. The Bertz CT molecular complexity index is 1130. The van der Waals surface area contributed by atoms with E-state index < -0.39 is 5.97 Å². The Hall–Kier alpha value is -3.34. The molecule has 5 heteroatoms. The van der Waals surface area contributed by atoms with Crippen molar-refractivity contribution in [1.29, 1.82) is 0 Å². The van der Waals surface area contributed by atoms with Crippen molar-refractivity contribution in [2.24, 2.45) is 0 Å². The molecular weight excluding hydrogens is 388 g/mol. The van der Waals surface area contributed by atoms with Gasteiger partial charge in [0, 0.05) is 23.1 Å². The minimum atomic E-state index is -0.392. The van der Waals surface area contributed by atoms with E-state index in [1.165, 1.54) is 5.56 Å². The van der Waals surface area contributed by atoms with Gasteiger partial charge in [0.05, 0.1) is 12.2 Å². The summed E-state index contributed by atoms with van der Waals surface area (Å²) in [4.78, 5) is 25.4. The summed E-state index contributed by atoms with van der Waals surface area (Å²) in [5, 5.41) is 4.01. The number of anilines is 1. The first-order chi connectivity index (χ1) is 14.9. The van der Waals surface area contributed by atoms with Gasteiger partial charge < -0.3 is 14.6 Å². The number of esters is 1. The summed E-state index contributed by atoms with van der Waals surface area (Å²) in [6.45, 7) is 13.0. The van der Waals surface area contributed by atoms with Crippen LogP contribution >= 0.6 is 0 Å². The molecule has 162 valence electrons. The third kappa shape index (κ3) is 4.71. The topological polar surface area (TPSA) is 60.3 Å². The van der Waals surface area contributed by atoms with Crippen LogP contribution in [0.4, 0.5) is 5.69 Å². The van der Waals surface area contributed by atoms with Crippen LogP contribution in [0, 0.1) is 6.92 Å². The third-order valence-corrected chi connectivity index (χ3v) is 5.33. The van der Waals surface area contributed by atoms with Crippen molar-refractivity contribution in [3.8, 4) is 0 Å². The molecule has 0 aliphatic carbocycles. The lowest BCUT2D eigenvalue weighted by Crippen LogP contribution is -2.18. The minimum absolute atomic E-state index is 0.222. The summed E-state index contributed by atoms with van der Waals surface area (Å²) in [7, 11) is 0. The number of allylic oxidation sites excluding steroid dienone is 1. The van der Waals surface area contributed by atoms with Gasteiger partial charge >= 0.3 is 5.97 Å². The molecule has 3 aromatic rings. The van der Waals surface area contributed by atoms with Gasteiger partial charge in [-0.15, -0.1) is 6.58 Å². The number of ether oxygens (including phenoxy) is 1. The van der Waals surface area contributed by atoms with Crippen LogP contribution in [-0.4, -0.2) is 23.1 Å². The van der Waals surface area contributed by atoms with E-state index in [1.54, 1.807) is 30.3 Å². The summed E-state index contributed by atoms with van der Waals surface area (Å²) in [5.74, 6) is -0.212. The maximum atomic E-state index is 13.3. The van der Waals surface area contributed by atoms with Crippen molar-refractivity contribution >= 4 is 28.5 Å². The molecule has 1 N–H and O–H groups in total. The second-order valence-corrected chi connectivity index (χ2v) is 7.98. The zero-order chi connectivity index (χ0) is 22.5. The van der Waals surface area contributed by atoms with E-state index >= 15 is 0 Å². The molecule has 31 heavy (non-hydrogen) atoms. The first kappa shape index (κ1) is 22.3. The lowest BCUT2D eigenvalue weighted by atomic mass is 10.0. The number of carbonyl (C=O) groups is 2. The van der Waals surface area contributed by atoms with E-state index in [9.17, 15) is 9.59 Å². The van der Waals surface area contributed by atoms with Crippen molar-refractivity contribution in [2.45, 2.75) is 46.6 Å². The van der Waals surface area contributed by atoms with Crippen LogP contribution in [0.5, 0.6) is 0 Å². The average Bonchev–Trinajstić information content (AvgIpc) is 3.03. The fraction of sp³-hybridized carbons (Fsp3) is 0.308. The summed E-state index contributed by atoms with van der Waals surface area (Å²) in [6.07, 6.45) is 2.55. The standard InChI is InChI=1S/C26H30N2O3/c1-6-13-28-23-12-11-19(17(3)4)16-22(23)18(5)24(28)25(29)27-21-10-8-9-20(15-21)26(30)31-14-7-2/h6,8-12,15-17H,1,7,13-14H2,2-5H3,(H,27,29). The maximum Gasteiger partial charge on any atom is 0.338 e. The van der Waals surface area contributed by atoms with Crippen LogP contribution in [0.15, 0.2) is 55.1 Å². The molecular formula is C26H30N2O3. The van der Waals surface area contributed by atoms with Gasteiger partial charge in [-0.3, -0.25) is 4.79 Å². The van der Waals surface area contributed by atoms with Crippen molar-refractivity contribution in [1.82, 2.24) is 4.57 Å². The molecule has 0 spiro atoms. The lowest BCUT2D eigenvalue weighted by Gasteiger charge is -2.11. The van der Waals surface area contributed by atoms with E-state index in [0.29, 0.717) is 36.0 Å². The van der Waals surface area contributed by atoms with Crippen molar-refractivity contribution in [3.05, 3.63) is 77.5 Å². The number of aromatic nitrogens is 1. The summed E-state index contributed by atoms with van der Waals surface area (Å²) < 4.78 is 7.18. The molecule has 0 aliphatic rings. The first-order valence-electron chi connectivity index (χ1n) is 10.7. The third-order valence-electron chi connectivity index (χ3n) is 5.33. The second-order valence-electron chi connectivity index (χ2n) is 7.98. The smallest absolute Gasteiger partial charge is 0.338 e. The Kier molecular flexibility index (Phi) is 6.95. The van der Waals surface area contributed by atoms with Crippen LogP contribution in [0.1, 0.15) is 65.1 Å². The lowest BCUT2D eigenvalue weighted by molar-refractivity contribution is 0.0505. The van der Waals surface area contributed by atoms with Gasteiger partial charge in [-0.2, -0.15) is 0 Å². The average molecular weight is 419 g/mol. The molecule has 3 rings (SSSR count). The van der Waals surface area contributed by atoms with E-state index in [2.05, 4.69) is 43.9 Å². The zero-order valence-corrected chi connectivity index (χ0v) is 18.7. The maximum absolute atomic E-state index is 13.3. The second kappa shape index (κ2) is 9.65. The van der Waals surface area contributed by atoms with Crippen LogP contribution in [0.25, 0.3) is 10.9 Å². The Balaban J connectivity index is 1.97. The highest BCUT2D eigenvalue weighted by Crippen LogP contribution is 2.30. The highest BCUT2D eigenvalue weighted by Gasteiger charge is 2.21. The molecule has 2 aromatic carbocycles. The number of hydrogen-bond donors (Lipinski definition) is 1. The molecule has 0 saturated heterocycles. The van der Waals surface area contributed by atoms with E-state index in [4.69, 9.17) is 4.74 Å². The zero-order valence-electron chi connectivity index (χ0n) is 18.7. The van der Waals surface area contributed by atoms with Gasteiger partial charge in [-0.25, -0.2) is 4.79 Å². The summed E-state index contributed by atoms with van der Waals surface area (Å²) in [6, 6.07) is 13.2. The van der Waals surface area contributed by atoms with Crippen molar-refractivity contribution in [2.75, 3.05) is 11.9 Å². The predicted molar refractivity (Wildman–Crippen MR) is 126 cm³/mol. The summed E-state index contributed by atoms with van der Waals surface area (Å²) in [5.41, 5.74) is 4.72. The Morgan fingerprint density at radius 2 is 1.97 bits per heavy atom. The normalized spacial score (nSPS) is 11.0. The van der Waals surface area contributed by atoms with Gasteiger partial charge in [0.1, 0.15) is 5.69 Å². The van der Waals surface area contributed by atoms with Crippen LogP contribution in [-0.2, 0) is 11.3 Å². The largest absolute Gasteiger partial charge is 0.462 e. The van der Waals surface area contributed by atoms with E-state index in [1.807, 2.05) is 18.4 Å². The monoisotopic (exact) mass is 418 g/mol. The molecule has 0 bridgehead atoms. The molecule has 0 saturated carbocycles. The van der Waals surface area contributed by atoms with Crippen LogP contribution in [0.2, 0.25) is 0 Å². The number of nitrogens with zero attached hydrogens (tertiary/aromatic N) is 1. The number of hydrogen-bond acceptors (Lipinski definition) is 3. The SMILES string of the molecule is C=CCn1c(C(=O)Nc2cccc(C(=O)OCCC)c2)c(C)c2cc(C(C)C)ccc21. The fourth-order valence-electron chi connectivity index (χ4n) is 3.70. The van der Waals surface area contributed by atoms with Gasteiger partial charge in [0.2, 0.25) is 0 Å². The van der Waals surface area contributed by atoms with Gasteiger partial charge in [-0.05, 0) is 60.7 Å². The molecule has 1 aromatic heterocycles. The quantitative estimate of drug-likeness (QED) is 0.356. The van der Waals surface area contributed by atoms with Crippen LogP contribution in [0.3, 0.4) is 0 Å². The molecule has 0 aliphatic heterocycles. The van der Waals surface area contributed by atoms with Crippen molar-refractivity contribution in [3.63, 3.8) is 0 Å². The Morgan fingerprint density at radius 1 is 1.19 bits per heavy atom. The van der Waals surface area contributed by atoms with E-state index in [-0.39, 0.29) is 5.91 Å². The number of nitrogens with one attached hydrogen (secondary N) is 1. The minimum Gasteiger partial charge on any atom is -0.462 e. The Labute approximate surface area is 183 Å². The molecule has 0 unspecified atom stereocenters. The highest BCUT2D eigenvalue weighted by atomic mass is 16.5. The first-order valence-corrected chi connectivity index (χ1v) is 10.7. The number of benzene rings is 2. The number of carbonyl (C=O) groups excluding carboxylic acids is 2. The Morgan fingerprint density at radius 3 is 2.65 bits per heavy atom. The highest BCUT2D eigenvalue weighted by molar-refractivity contribution is 6.08. The molecule has 1 amide bonds. The molecule has 5 nitrogen and oxygen atoms in total.